The second-order valence-corrected chi connectivity index (χ2v) is 7.52. The fourth-order valence-corrected chi connectivity index (χ4v) is 4.08. The molecule has 2 heterocycles. The highest BCUT2D eigenvalue weighted by molar-refractivity contribution is 5.94. The zero-order valence-corrected chi connectivity index (χ0v) is 16.0. The van der Waals surface area contributed by atoms with Gasteiger partial charge in [0.15, 0.2) is 5.69 Å². The van der Waals surface area contributed by atoms with Gasteiger partial charge < -0.3 is 10.1 Å². The Morgan fingerprint density at radius 2 is 1.96 bits per heavy atom. The Morgan fingerprint density at radius 1 is 1.22 bits per heavy atom. The maximum Gasteiger partial charge on any atom is 0.272 e. The molecule has 1 aromatic carbocycles. The summed E-state index contributed by atoms with van der Waals surface area (Å²) in [6, 6.07) is 8.74. The maximum atomic E-state index is 12.8. The molecule has 2 aliphatic rings. The molecule has 1 aliphatic heterocycles. The summed E-state index contributed by atoms with van der Waals surface area (Å²) in [5.41, 5.74) is 5.29. The molecule has 0 saturated carbocycles. The van der Waals surface area contributed by atoms with Gasteiger partial charge in [-0.1, -0.05) is 29.8 Å². The smallest absolute Gasteiger partial charge is 0.272 e. The monoisotopic (exact) mass is 368 g/mol. The number of aromatic amines is 1. The Labute approximate surface area is 160 Å². The van der Waals surface area contributed by atoms with Gasteiger partial charge in [-0.15, -0.1) is 0 Å². The van der Waals surface area contributed by atoms with E-state index in [1.54, 1.807) is 0 Å². The molecular weight excluding hydrogens is 340 g/mol. The van der Waals surface area contributed by atoms with Gasteiger partial charge in [0.25, 0.3) is 5.91 Å². The summed E-state index contributed by atoms with van der Waals surface area (Å²) in [4.78, 5) is 15.2. The number of carbonyl (C=O) groups excluding carboxylic acids is 1. The lowest BCUT2D eigenvalue weighted by Gasteiger charge is -2.35. The van der Waals surface area contributed by atoms with Gasteiger partial charge in [-0.05, 0) is 38.2 Å². The summed E-state index contributed by atoms with van der Waals surface area (Å²) in [7, 11) is 0. The van der Waals surface area contributed by atoms with Crippen LogP contribution in [0.3, 0.4) is 0 Å². The van der Waals surface area contributed by atoms with Gasteiger partial charge in [-0.3, -0.25) is 14.8 Å². The Balaban J connectivity index is 1.48. The van der Waals surface area contributed by atoms with Gasteiger partial charge in [0.2, 0.25) is 0 Å². The third kappa shape index (κ3) is 4.06. The Hall–Kier alpha value is -2.18. The fourth-order valence-electron chi connectivity index (χ4n) is 4.08. The molecule has 4 rings (SSSR count). The summed E-state index contributed by atoms with van der Waals surface area (Å²) in [6.07, 6.45) is 4.24. The highest BCUT2D eigenvalue weighted by atomic mass is 16.5. The number of benzene rings is 1. The van der Waals surface area contributed by atoms with Gasteiger partial charge in [-0.2, -0.15) is 5.10 Å². The third-order valence-corrected chi connectivity index (χ3v) is 5.68. The minimum atomic E-state index is -0.0697. The first-order valence-corrected chi connectivity index (χ1v) is 9.95. The zero-order valence-electron chi connectivity index (χ0n) is 16.0. The molecule has 2 N–H and O–H groups in total. The average Bonchev–Trinajstić information content (AvgIpc) is 3.14. The van der Waals surface area contributed by atoms with Crippen LogP contribution in [0.2, 0.25) is 0 Å². The van der Waals surface area contributed by atoms with E-state index >= 15 is 0 Å². The third-order valence-electron chi connectivity index (χ3n) is 5.68. The number of hydrogen-bond acceptors (Lipinski definition) is 4. The van der Waals surface area contributed by atoms with E-state index in [9.17, 15) is 4.79 Å². The van der Waals surface area contributed by atoms with Crippen molar-refractivity contribution in [3.63, 3.8) is 0 Å². The molecule has 27 heavy (non-hydrogen) atoms. The number of fused-ring (bicyclic) bond motifs is 1. The summed E-state index contributed by atoms with van der Waals surface area (Å²) in [6.45, 7) is 5.91. The molecule has 0 radical (unpaired) electrons. The SMILES string of the molecule is Cc1ccc(C(CNC(=O)c2n[nH]c3c2CCCC3)N2CCOCC2)cc1. The molecular formula is C21H28N4O2. The molecule has 1 aromatic heterocycles. The minimum absolute atomic E-state index is 0.0697. The van der Waals surface area contributed by atoms with E-state index < -0.39 is 0 Å². The topological polar surface area (TPSA) is 70.2 Å². The summed E-state index contributed by atoms with van der Waals surface area (Å²) in [5, 5.41) is 10.5. The van der Waals surface area contributed by atoms with Crippen LogP contribution in [0.5, 0.6) is 0 Å². The normalized spacial score (nSPS) is 18.7. The molecule has 6 heteroatoms. The van der Waals surface area contributed by atoms with Crippen molar-refractivity contribution in [3.8, 4) is 0 Å². The van der Waals surface area contributed by atoms with E-state index in [0.717, 1.165) is 56.8 Å². The second kappa shape index (κ2) is 8.23. The highest BCUT2D eigenvalue weighted by Gasteiger charge is 2.25. The molecule has 2 aromatic rings. The van der Waals surface area contributed by atoms with Gasteiger partial charge in [0.05, 0.1) is 19.3 Å². The van der Waals surface area contributed by atoms with Crippen LogP contribution in [0, 0.1) is 6.92 Å². The summed E-state index contributed by atoms with van der Waals surface area (Å²) in [5.74, 6) is -0.0697. The first-order valence-electron chi connectivity index (χ1n) is 9.95. The number of amides is 1. The average molecular weight is 368 g/mol. The first kappa shape index (κ1) is 18.2. The number of nitrogens with one attached hydrogen (secondary N) is 2. The number of nitrogens with zero attached hydrogens (tertiary/aromatic N) is 2. The number of morpholine rings is 1. The van der Waals surface area contributed by atoms with Crippen LogP contribution in [0.15, 0.2) is 24.3 Å². The van der Waals surface area contributed by atoms with Crippen molar-refractivity contribution < 1.29 is 9.53 Å². The fraction of sp³-hybridized carbons (Fsp3) is 0.524. The number of carbonyl (C=O) groups is 1. The molecule has 1 aliphatic carbocycles. The van der Waals surface area contributed by atoms with Crippen LogP contribution in [-0.2, 0) is 17.6 Å². The lowest BCUT2D eigenvalue weighted by atomic mass is 9.95. The van der Waals surface area contributed by atoms with E-state index in [4.69, 9.17) is 4.74 Å². The standard InChI is InChI=1S/C21H28N4O2/c1-15-6-8-16(9-7-15)19(25-10-12-27-13-11-25)14-22-21(26)20-17-4-2-3-5-18(17)23-24-20/h6-9,19H,2-5,10-14H2,1H3,(H,22,26)(H,23,24). The Kier molecular flexibility index (Phi) is 5.55. The molecule has 1 fully saturated rings. The van der Waals surface area contributed by atoms with Crippen molar-refractivity contribution in [3.05, 3.63) is 52.3 Å². The molecule has 144 valence electrons. The lowest BCUT2D eigenvalue weighted by molar-refractivity contribution is 0.0162. The van der Waals surface area contributed by atoms with Crippen molar-refractivity contribution in [1.82, 2.24) is 20.4 Å². The number of hydrogen-bond donors (Lipinski definition) is 2. The van der Waals surface area contributed by atoms with Crippen LogP contribution in [-0.4, -0.2) is 53.9 Å². The van der Waals surface area contributed by atoms with E-state index in [1.165, 1.54) is 17.5 Å². The molecule has 1 atom stereocenters. The van der Waals surface area contributed by atoms with E-state index in [2.05, 4.69) is 51.6 Å². The van der Waals surface area contributed by atoms with Crippen molar-refractivity contribution >= 4 is 5.91 Å². The highest BCUT2D eigenvalue weighted by Crippen LogP contribution is 2.24. The molecule has 1 saturated heterocycles. The Bertz CT molecular complexity index is 778. The predicted molar refractivity (Wildman–Crippen MR) is 104 cm³/mol. The summed E-state index contributed by atoms with van der Waals surface area (Å²) >= 11 is 0. The van der Waals surface area contributed by atoms with Crippen molar-refractivity contribution in [2.24, 2.45) is 0 Å². The maximum absolute atomic E-state index is 12.8. The number of aryl methyl sites for hydroxylation is 2. The zero-order chi connectivity index (χ0) is 18.6. The summed E-state index contributed by atoms with van der Waals surface area (Å²) < 4.78 is 5.51. The van der Waals surface area contributed by atoms with Crippen LogP contribution in [0.1, 0.15) is 51.8 Å². The Morgan fingerprint density at radius 3 is 2.74 bits per heavy atom. The first-order chi connectivity index (χ1) is 13.2. The number of H-pyrrole nitrogens is 1. The van der Waals surface area contributed by atoms with Crippen molar-refractivity contribution in [2.45, 2.75) is 38.6 Å². The molecule has 1 unspecified atom stereocenters. The minimum Gasteiger partial charge on any atom is -0.379 e. The van der Waals surface area contributed by atoms with Gasteiger partial charge in [0, 0.05) is 30.9 Å². The lowest BCUT2D eigenvalue weighted by Crippen LogP contribution is -2.44. The predicted octanol–water partition coefficient (Wildman–Crippen LogP) is 2.40. The van der Waals surface area contributed by atoms with Crippen LogP contribution >= 0.6 is 0 Å². The van der Waals surface area contributed by atoms with E-state index in [-0.39, 0.29) is 11.9 Å². The quantitative estimate of drug-likeness (QED) is 0.850. The molecule has 6 nitrogen and oxygen atoms in total. The van der Waals surface area contributed by atoms with Crippen LogP contribution < -0.4 is 5.32 Å². The number of aromatic nitrogens is 2. The number of ether oxygens (including phenoxy) is 1. The van der Waals surface area contributed by atoms with E-state index in [0.29, 0.717) is 12.2 Å². The van der Waals surface area contributed by atoms with Gasteiger partial charge in [-0.25, -0.2) is 0 Å². The molecule has 0 spiro atoms. The van der Waals surface area contributed by atoms with Gasteiger partial charge >= 0.3 is 0 Å². The van der Waals surface area contributed by atoms with E-state index in [1.807, 2.05) is 0 Å². The van der Waals surface area contributed by atoms with Gasteiger partial charge in [0.1, 0.15) is 0 Å². The molecule has 0 bridgehead atoms. The van der Waals surface area contributed by atoms with Crippen molar-refractivity contribution in [2.75, 3.05) is 32.8 Å². The molecule has 1 amide bonds. The van der Waals surface area contributed by atoms with Crippen LogP contribution in [0.4, 0.5) is 0 Å². The second-order valence-electron chi connectivity index (χ2n) is 7.52. The largest absolute Gasteiger partial charge is 0.379 e. The van der Waals surface area contributed by atoms with Crippen molar-refractivity contribution in [1.29, 1.82) is 0 Å². The number of rotatable bonds is 5. The van der Waals surface area contributed by atoms with Crippen LogP contribution in [0.25, 0.3) is 0 Å².